The summed E-state index contributed by atoms with van der Waals surface area (Å²) >= 11 is 0. The first kappa shape index (κ1) is 15.7. The Morgan fingerprint density at radius 1 is 1.45 bits per heavy atom. The number of amides is 1. The Morgan fingerprint density at radius 2 is 2.20 bits per heavy atom. The first-order chi connectivity index (χ1) is 9.52. The Kier molecular flexibility index (Phi) is 5.41. The highest BCUT2D eigenvalue weighted by molar-refractivity contribution is 5.82. The Morgan fingerprint density at radius 3 is 2.90 bits per heavy atom. The van der Waals surface area contributed by atoms with E-state index in [1.165, 1.54) is 25.7 Å². The maximum atomic E-state index is 12.2. The number of nitrogens with one attached hydrogen (secondary N) is 2. The summed E-state index contributed by atoms with van der Waals surface area (Å²) in [4.78, 5) is 12.2. The van der Waals surface area contributed by atoms with E-state index in [2.05, 4.69) is 10.6 Å². The van der Waals surface area contributed by atoms with Crippen LogP contribution in [0.2, 0.25) is 0 Å². The zero-order valence-corrected chi connectivity index (χ0v) is 12.7. The van der Waals surface area contributed by atoms with Crippen LogP contribution in [-0.4, -0.2) is 49.0 Å². The van der Waals surface area contributed by atoms with Crippen molar-refractivity contribution in [2.24, 2.45) is 5.92 Å². The van der Waals surface area contributed by atoms with Crippen molar-refractivity contribution in [1.29, 1.82) is 0 Å². The van der Waals surface area contributed by atoms with Gasteiger partial charge in [-0.1, -0.05) is 12.8 Å². The summed E-state index contributed by atoms with van der Waals surface area (Å²) in [5.41, 5.74) is -0.906. The number of hydrogen-bond donors (Lipinski definition) is 3. The van der Waals surface area contributed by atoms with Crippen molar-refractivity contribution in [1.82, 2.24) is 10.6 Å². The molecule has 0 radical (unpaired) electrons. The predicted octanol–water partition coefficient (Wildman–Crippen LogP) is 0.811. The van der Waals surface area contributed by atoms with E-state index in [0.29, 0.717) is 25.0 Å². The first-order valence-electron chi connectivity index (χ1n) is 7.77. The van der Waals surface area contributed by atoms with Crippen LogP contribution in [0.5, 0.6) is 0 Å². The van der Waals surface area contributed by atoms with Gasteiger partial charge in [0.25, 0.3) is 0 Å². The molecular weight excluding hydrogens is 256 g/mol. The average Bonchev–Trinajstić information content (AvgIpc) is 2.86. The maximum Gasteiger partial charge on any atom is 0.237 e. The lowest BCUT2D eigenvalue weighted by Gasteiger charge is -2.24. The van der Waals surface area contributed by atoms with Gasteiger partial charge in [0.1, 0.15) is 0 Å². The second-order valence-corrected chi connectivity index (χ2v) is 6.56. The zero-order valence-electron chi connectivity index (χ0n) is 12.7. The molecule has 1 saturated carbocycles. The third kappa shape index (κ3) is 4.17. The predicted molar refractivity (Wildman–Crippen MR) is 77.4 cm³/mol. The standard InChI is InChI=1S/C15H28N2O3/c1-15(19,7-8-20-2)10-16-14(18)13-9-11-5-3-4-6-12(11)17-13/h11-13,17,19H,3-10H2,1-2H3,(H,16,18). The van der Waals surface area contributed by atoms with Crippen LogP contribution in [0.15, 0.2) is 0 Å². The van der Waals surface area contributed by atoms with Gasteiger partial charge in [0.05, 0.1) is 11.6 Å². The number of methoxy groups -OCH3 is 1. The molecule has 1 aliphatic heterocycles. The van der Waals surface area contributed by atoms with Crippen molar-refractivity contribution in [2.45, 2.75) is 63.1 Å². The van der Waals surface area contributed by atoms with E-state index in [1.807, 2.05) is 0 Å². The van der Waals surface area contributed by atoms with Gasteiger partial charge in [-0.15, -0.1) is 0 Å². The minimum absolute atomic E-state index is 0.0251. The Bertz CT molecular complexity index is 319. The monoisotopic (exact) mass is 284 g/mol. The van der Waals surface area contributed by atoms with Crippen molar-refractivity contribution in [3.05, 3.63) is 0 Å². The van der Waals surface area contributed by atoms with Crippen molar-refractivity contribution >= 4 is 5.91 Å². The summed E-state index contributed by atoms with van der Waals surface area (Å²) < 4.78 is 4.96. The molecule has 0 aromatic rings. The van der Waals surface area contributed by atoms with E-state index in [4.69, 9.17) is 4.74 Å². The van der Waals surface area contributed by atoms with E-state index < -0.39 is 5.60 Å². The number of ether oxygens (including phenoxy) is 1. The summed E-state index contributed by atoms with van der Waals surface area (Å²) in [6, 6.07) is 0.440. The topological polar surface area (TPSA) is 70.6 Å². The van der Waals surface area contributed by atoms with E-state index in [1.54, 1.807) is 14.0 Å². The molecule has 0 aromatic heterocycles. The first-order valence-corrected chi connectivity index (χ1v) is 7.77. The van der Waals surface area contributed by atoms with E-state index in [-0.39, 0.29) is 18.5 Å². The van der Waals surface area contributed by atoms with Crippen LogP contribution in [0.25, 0.3) is 0 Å². The average molecular weight is 284 g/mol. The highest BCUT2D eigenvalue weighted by Gasteiger charge is 2.38. The molecule has 1 aliphatic carbocycles. The Balaban J connectivity index is 1.75. The molecule has 1 heterocycles. The van der Waals surface area contributed by atoms with Gasteiger partial charge >= 0.3 is 0 Å². The Hall–Kier alpha value is -0.650. The second kappa shape index (κ2) is 6.87. The van der Waals surface area contributed by atoms with Crippen molar-refractivity contribution < 1.29 is 14.6 Å². The van der Waals surface area contributed by atoms with Crippen LogP contribution in [-0.2, 0) is 9.53 Å². The lowest BCUT2D eigenvalue weighted by molar-refractivity contribution is -0.124. The third-order valence-electron chi connectivity index (χ3n) is 4.67. The largest absolute Gasteiger partial charge is 0.388 e. The molecule has 3 N–H and O–H groups in total. The number of carbonyl (C=O) groups is 1. The summed E-state index contributed by atoms with van der Waals surface area (Å²) in [5.74, 6) is 0.686. The molecule has 1 amide bonds. The quantitative estimate of drug-likeness (QED) is 0.675. The lowest BCUT2D eigenvalue weighted by atomic mass is 9.85. The summed E-state index contributed by atoms with van der Waals surface area (Å²) in [6.45, 7) is 2.51. The van der Waals surface area contributed by atoms with E-state index in [0.717, 1.165) is 6.42 Å². The maximum absolute atomic E-state index is 12.2. The molecule has 1 saturated heterocycles. The van der Waals surface area contributed by atoms with E-state index in [9.17, 15) is 9.90 Å². The van der Waals surface area contributed by atoms with Crippen molar-refractivity contribution in [2.75, 3.05) is 20.3 Å². The molecule has 20 heavy (non-hydrogen) atoms. The van der Waals surface area contributed by atoms with Crippen LogP contribution in [0.4, 0.5) is 0 Å². The molecule has 116 valence electrons. The van der Waals surface area contributed by atoms with Gasteiger partial charge in [0, 0.05) is 32.7 Å². The summed E-state index contributed by atoms with van der Waals surface area (Å²) in [7, 11) is 1.61. The van der Waals surface area contributed by atoms with Crippen molar-refractivity contribution in [3.8, 4) is 0 Å². The van der Waals surface area contributed by atoms with Crippen LogP contribution in [0.1, 0.15) is 45.4 Å². The van der Waals surface area contributed by atoms with Crippen LogP contribution < -0.4 is 10.6 Å². The highest BCUT2D eigenvalue weighted by atomic mass is 16.5. The van der Waals surface area contributed by atoms with Gasteiger partial charge in [-0.2, -0.15) is 0 Å². The number of carbonyl (C=O) groups excluding carboxylic acids is 1. The number of rotatable bonds is 6. The molecule has 0 spiro atoms. The molecule has 4 unspecified atom stereocenters. The second-order valence-electron chi connectivity index (χ2n) is 6.56. The molecule has 2 aliphatic rings. The molecule has 2 rings (SSSR count). The number of hydrogen-bond acceptors (Lipinski definition) is 4. The molecule has 4 atom stereocenters. The smallest absolute Gasteiger partial charge is 0.237 e. The van der Waals surface area contributed by atoms with E-state index >= 15 is 0 Å². The van der Waals surface area contributed by atoms with Gasteiger partial charge in [0.15, 0.2) is 0 Å². The number of aliphatic hydroxyl groups is 1. The van der Waals surface area contributed by atoms with Gasteiger partial charge < -0.3 is 20.5 Å². The normalized spacial score (nSPS) is 32.5. The summed E-state index contributed by atoms with van der Waals surface area (Å²) in [5, 5.41) is 16.5. The van der Waals surface area contributed by atoms with Crippen LogP contribution in [0, 0.1) is 5.92 Å². The highest BCUT2D eigenvalue weighted by Crippen LogP contribution is 2.33. The molecule has 0 aromatic carbocycles. The van der Waals surface area contributed by atoms with Gasteiger partial charge in [-0.25, -0.2) is 0 Å². The lowest BCUT2D eigenvalue weighted by Crippen LogP contribution is -2.48. The molecule has 2 fully saturated rings. The minimum Gasteiger partial charge on any atom is -0.388 e. The minimum atomic E-state index is -0.906. The fraction of sp³-hybridized carbons (Fsp3) is 0.933. The Labute approximate surface area is 121 Å². The fourth-order valence-corrected chi connectivity index (χ4v) is 3.33. The fourth-order valence-electron chi connectivity index (χ4n) is 3.33. The molecule has 0 bridgehead atoms. The number of fused-ring (bicyclic) bond motifs is 1. The zero-order chi connectivity index (χ0) is 14.6. The van der Waals surface area contributed by atoms with Gasteiger partial charge in [-0.3, -0.25) is 4.79 Å². The van der Waals surface area contributed by atoms with Crippen molar-refractivity contribution in [3.63, 3.8) is 0 Å². The van der Waals surface area contributed by atoms with Gasteiger partial charge in [-0.05, 0) is 32.1 Å². The van der Waals surface area contributed by atoms with Crippen LogP contribution in [0.3, 0.4) is 0 Å². The molecule has 5 nitrogen and oxygen atoms in total. The van der Waals surface area contributed by atoms with Crippen LogP contribution >= 0.6 is 0 Å². The molecule has 5 heteroatoms. The molecular formula is C15H28N2O3. The third-order valence-corrected chi connectivity index (χ3v) is 4.67. The summed E-state index contributed by atoms with van der Waals surface area (Å²) in [6.07, 6.45) is 6.47. The van der Waals surface area contributed by atoms with Gasteiger partial charge in [0.2, 0.25) is 5.91 Å². The SMILES string of the molecule is COCCC(C)(O)CNC(=O)C1CC2CCCCC2N1.